The summed E-state index contributed by atoms with van der Waals surface area (Å²) in [6.07, 6.45) is 4.65. The van der Waals surface area contributed by atoms with Crippen LogP contribution in [-0.4, -0.2) is 35.2 Å². The number of aromatic nitrogens is 2. The normalized spacial score (nSPS) is 18.4. The summed E-state index contributed by atoms with van der Waals surface area (Å²) in [5, 5.41) is 7.08. The van der Waals surface area contributed by atoms with E-state index in [1.807, 2.05) is 0 Å². The van der Waals surface area contributed by atoms with Crippen LogP contribution in [0.25, 0.3) is 10.9 Å². The van der Waals surface area contributed by atoms with E-state index in [1.165, 1.54) is 0 Å². The summed E-state index contributed by atoms with van der Waals surface area (Å²) in [5.74, 6) is 0.422. The second-order valence-corrected chi connectivity index (χ2v) is 5.30. The van der Waals surface area contributed by atoms with E-state index < -0.39 is 6.09 Å². The van der Waals surface area contributed by atoms with E-state index in [1.54, 1.807) is 24.5 Å². The number of pyridine rings is 2. The van der Waals surface area contributed by atoms with Crippen LogP contribution >= 0.6 is 11.6 Å². The lowest BCUT2D eigenvalue weighted by Crippen LogP contribution is -2.46. The Labute approximate surface area is 126 Å². The second kappa shape index (κ2) is 6.24. The van der Waals surface area contributed by atoms with Crippen LogP contribution in [-0.2, 0) is 0 Å². The highest BCUT2D eigenvalue weighted by Gasteiger charge is 2.17. The zero-order valence-corrected chi connectivity index (χ0v) is 12.1. The van der Waals surface area contributed by atoms with E-state index in [0.717, 1.165) is 25.9 Å². The van der Waals surface area contributed by atoms with E-state index in [0.29, 0.717) is 21.8 Å². The third-order valence-corrected chi connectivity index (χ3v) is 3.58. The maximum Gasteiger partial charge on any atom is 0.412 e. The highest BCUT2D eigenvalue weighted by atomic mass is 35.5. The largest absolute Gasteiger partial charge is 0.412 e. The number of halogens is 1. The van der Waals surface area contributed by atoms with E-state index in [-0.39, 0.29) is 6.04 Å². The number of amides is 1. The average molecular weight is 307 g/mol. The monoisotopic (exact) mass is 306 g/mol. The van der Waals surface area contributed by atoms with Gasteiger partial charge in [-0.3, -0.25) is 4.98 Å². The van der Waals surface area contributed by atoms with Crippen molar-refractivity contribution in [1.82, 2.24) is 20.6 Å². The molecule has 0 aromatic carbocycles. The molecule has 2 N–H and O–H groups in total. The molecule has 1 aliphatic rings. The van der Waals surface area contributed by atoms with Crippen molar-refractivity contribution >= 4 is 28.6 Å². The second-order valence-electron chi connectivity index (χ2n) is 4.91. The molecule has 1 amide bonds. The Balaban J connectivity index is 1.74. The van der Waals surface area contributed by atoms with E-state index in [9.17, 15) is 4.79 Å². The summed E-state index contributed by atoms with van der Waals surface area (Å²) in [4.78, 5) is 20.1. The molecule has 0 aliphatic carbocycles. The fourth-order valence-electron chi connectivity index (χ4n) is 2.36. The highest BCUT2D eigenvalue weighted by molar-refractivity contribution is 6.30. The first kappa shape index (κ1) is 14.0. The number of hydrogen-bond acceptors (Lipinski definition) is 5. The standard InChI is InChI=1S/C14H15ClN4O2/c15-13-6-10-11(8-18-13)17-5-3-12(10)21-14(20)19-9-2-1-4-16-7-9/h3,5-6,8-9,16H,1-2,4,7H2,(H,19,20). The van der Waals surface area contributed by atoms with Crippen LogP contribution < -0.4 is 15.4 Å². The van der Waals surface area contributed by atoms with Gasteiger partial charge in [-0.15, -0.1) is 0 Å². The molecule has 1 unspecified atom stereocenters. The van der Waals surface area contributed by atoms with Gasteiger partial charge >= 0.3 is 6.09 Å². The number of fused-ring (bicyclic) bond motifs is 1. The fraction of sp³-hybridized carbons (Fsp3) is 0.357. The molecule has 0 radical (unpaired) electrons. The van der Waals surface area contributed by atoms with Crippen molar-refractivity contribution in [2.75, 3.05) is 13.1 Å². The number of nitrogens with zero attached hydrogens (tertiary/aromatic N) is 2. The Kier molecular flexibility index (Phi) is 4.17. The summed E-state index contributed by atoms with van der Waals surface area (Å²) in [6.45, 7) is 1.76. The molecule has 1 atom stereocenters. The van der Waals surface area contributed by atoms with Crippen molar-refractivity contribution in [2.45, 2.75) is 18.9 Å². The van der Waals surface area contributed by atoms with Gasteiger partial charge in [0, 0.05) is 24.2 Å². The minimum atomic E-state index is -0.468. The predicted octanol–water partition coefficient (Wildman–Crippen LogP) is 2.12. The van der Waals surface area contributed by atoms with E-state index >= 15 is 0 Å². The van der Waals surface area contributed by atoms with Crippen LogP contribution in [0.5, 0.6) is 5.75 Å². The molecule has 21 heavy (non-hydrogen) atoms. The van der Waals surface area contributed by atoms with Crippen LogP contribution in [0.2, 0.25) is 5.15 Å². The first-order chi connectivity index (χ1) is 10.2. The molecule has 0 saturated carbocycles. The molecular weight excluding hydrogens is 292 g/mol. The number of carbonyl (C=O) groups excluding carboxylic acids is 1. The smallest absolute Gasteiger partial charge is 0.410 e. The van der Waals surface area contributed by atoms with Gasteiger partial charge in [-0.1, -0.05) is 11.6 Å². The Hall–Kier alpha value is -1.92. The summed E-state index contributed by atoms with van der Waals surface area (Å²) in [6, 6.07) is 3.37. The number of ether oxygens (including phenoxy) is 1. The van der Waals surface area contributed by atoms with Crippen LogP contribution in [0.4, 0.5) is 4.79 Å². The minimum Gasteiger partial charge on any atom is -0.410 e. The van der Waals surface area contributed by atoms with E-state index in [4.69, 9.17) is 16.3 Å². The summed E-state index contributed by atoms with van der Waals surface area (Å²) in [7, 11) is 0. The average Bonchev–Trinajstić information content (AvgIpc) is 2.49. The number of hydrogen-bond donors (Lipinski definition) is 2. The SMILES string of the molecule is O=C(NC1CCCNC1)Oc1ccnc2cnc(Cl)cc12. The molecule has 0 bridgehead atoms. The first-order valence-corrected chi connectivity index (χ1v) is 7.19. The van der Waals surface area contributed by atoms with Gasteiger partial charge in [-0.2, -0.15) is 0 Å². The Bertz CT molecular complexity index is 658. The molecule has 7 heteroatoms. The quantitative estimate of drug-likeness (QED) is 0.831. The van der Waals surface area contributed by atoms with Crippen molar-refractivity contribution in [2.24, 2.45) is 0 Å². The lowest BCUT2D eigenvalue weighted by molar-refractivity contribution is 0.193. The van der Waals surface area contributed by atoms with Crippen LogP contribution in [0, 0.1) is 0 Å². The van der Waals surface area contributed by atoms with Gasteiger partial charge in [0.05, 0.1) is 11.7 Å². The first-order valence-electron chi connectivity index (χ1n) is 6.82. The highest BCUT2D eigenvalue weighted by Crippen LogP contribution is 2.25. The zero-order valence-electron chi connectivity index (χ0n) is 11.3. The van der Waals surface area contributed by atoms with Gasteiger partial charge in [-0.25, -0.2) is 9.78 Å². The lowest BCUT2D eigenvalue weighted by Gasteiger charge is -2.23. The van der Waals surface area contributed by atoms with Gasteiger partial charge in [0.2, 0.25) is 0 Å². The van der Waals surface area contributed by atoms with Crippen molar-refractivity contribution < 1.29 is 9.53 Å². The fourth-order valence-corrected chi connectivity index (χ4v) is 2.52. The van der Waals surface area contributed by atoms with Crippen LogP contribution in [0.3, 0.4) is 0 Å². The molecular formula is C14H15ClN4O2. The minimum absolute atomic E-state index is 0.101. The van der Waals surface area contributed by atoms with Gasteiger partial charge in [-0.05, 0) is 31.5 Å². The van der Waals surface area contributed by atoms with Crippen molar-refractivity contribution in [3.05, 3.63) is 29.7 Å². The molecule has 6 nitrogen and oxygen atoms in total. The molecule has 1 fully saturated rings. The third kappa shape index (κ3) is 3.40. The van der Waals surface area contributed by atoms with Gasteiger partial charge in [0.25, 0.3) is 0 Å². The number of carbonyl (C=O) groups is 1. The van der Waals surface area contributed by atoms with Crippen LogP contribution in [0.15, 0.2) is 24.5 Å². The maximum absolute atomic E-state index is 12.0. The Morgan fingerprint density at radius 2 is 2.38 bits per heavy atom. The summed E-state index contributed by atoms with van der Waals surface area (Å²) in [5.41, 5.74) is 0.629. The van der Waals surface area contributed by atoms with Crippen molar-refractivity contribution in [3.8, 4) is 5.75 Å². The van der Waals surface area contributed by atoms with Crippen molar-refractivity contribution in [1.29, 1.82) is 0 Å². The molecule has 3 heterocycles. The summed E-state index contributed by atoms with van der Waals surface area (Å²) < 4.78 is 5.38. The number of nitrogens with one attached hydrogen (secondary N) is 2. The lowest BCUT2D eigenvalue weighted by atomic mass is 10.1. The Morgan fingerprint density at radius 3 is 3.19 bits per heavy atom. The molecule has 1 aliphatic heterocycles. The Morgan fingerprint density at radius 1 is 1.48 bits per heavy atom. The summed E-state index contributed by atoms with van der Waals surface area (Å²) >= 11 is 5.88. The molecule has 2 aromatic heterocycles. The van der Waals surface area contributed by atoms with Gasteiger partial charge in [0.15, 0.2) is 0 Å². The molecule has 0 spiro atoms. The number of piperidine rings is 1. The van der Waals surface area contributed by atoms with Gasteiger partial charge in [0.1, 0.15) is 10.9 Å². The van der Waals surface area contributed by atoms with E-state index in [2.05, 4.69) is 20.6 Å². The van der Waals surface area contributed by atoms with Gasteiger partial charge < -0.3 is 15.4 Å². The molecule has 2 aromatic rings. The molecule has 3 rings (SSSR count). The topological polar surface area (TPSA) is 76.1 Å². The molecule has 1 saturated heterocycles. The zero-order chi connectivity index (χ0) is 14.7. The number of rotatable bonds is 2. The molecule has 110 valence electrons. The maximum atomic E-state index is 12.0. The van der Waals surface area contributed by atoms with Crippen molar-refractivity contribution in [3.63, 3.8) is 0 Å². The predicted molar refractivity (Wildman–Crippen MR) is 79.6 cm³/mol. The third-order valence-electron chi connectivity index (χ3n) is 3.38. The van der Waals surface area contributed by atoms with Crippen LogP contribution in [0.1, 0.15) is 12.8 Å².